The Morgan fingerprint density at radius 3 is 2.25 bits per heavy atom. The van der Waals surface area contributed by atoms with Crippen molar-refractivity contribution in [3.05, 3.63) is 35.9 Å². The summed E-state index contributed by atoms with van der Waals surface area (Å²) in [5.41, 5.74) is 1.19. The van der Waals surface area contributed by atoms with Crippen LogP contribution in [0, 0.1) is 0 Å². The molecule has 0 heterocycles. The molecule has 0 saturated heterocycles. The molecule has 0 spiro atoms. The largest absolute Gasteiger partial charge is 0.340 e. The minimum absolute atomic E-state index is 0.695. The van der Waals surface area contributed by atoms with Crippen LogP contribution in [0.2, 0.25) is 0 Å². The molecule has 3 heteroatoms. The number of ether oxygens (including phenoxy) is 2. The molecule has 1 rings (SSSR count). The second kappa shape index (κ2) is 6.63. The van der Waals surface area contributed by atoms with E-state index in [1.807, 2.05) is 18.2 Å². The van der Waals surface area contributed by atoms with Gasteiger partial charge in [0.25, 0.3) is 0 Å². The van der Waals surface area contributed by atoms with Crippen molar-refractivity contribution in [2.24, 2.45) is 0 Å². The van der Waals surface area contributed by atoms with E-state index in [4.69, 9.17) is 9.47 Å². The topological polar surface area (TPSA) is 30.5 Å². The SMILES string of the molecule is CCCNC(Cc1ccccc1)(OC)OC. The van der Waals surface area contributed by atoms with Crippen LogP contribution in [0.3, 0.4) is 0 Å². The molecule has 0 aliphatic heterocycles. The lowest BCUT2D eigenvalue weighted by molar-refractivity contribution is -0.226. The third-order valence-corrected chi connectivity index (χ3v) is 2.58. The second-order valence-corrected chi connectivity index (χ2v) is 3.75. The zero-order chi connectivity index (χ0) is 11.9. The fourth-order valence-corrected chi connectivity index (χ4v) is 1.61. The second-order valence-electron chi connectivity index (χ2n) is 3.75. The van der Waals surface area contributed by atoms with Gasteiger partial charge in [-0.3, -0.25) is 5.32 Å². The first-order valence-corrected chi connectivity index (χ1v) is 5.65. The zero-order valence-corrected chi connectivity index (χ0v) is 10.3. The van der Waals surface area contributed by atoms with E-state index < -0.39 is 5.91 Å². The maximum absolute atomic E-state index is 5.46. The van der Waals surface area contributed by atoms with Crippen molar-refractivity contribution >= 4 is 0 Å². The Hall–Kier alpha value is -0.900. The quantitative estimate of drug-likeness (QED) is 0.719. The summed E-state index contributed by atoms with van der Waals surface area (Å²) >= 11 is 0. The van der Waals surface area contributed by atoms with Crippen molar-refractivity contribution in [1.82, 2.24) is 5.32 Å². The number of hydrogen-bond donors (Lipinski definition) is 1. The van der Waals surface area contributed by atoms with Crippen molar-refractivity contribution in [3.63, 3.8) is 0 Å². The Balaban J connectivity index is 2.70. The van der Waals surface area contributed by atoms with Crippen molar-refractivity contribution in [1.29, 1.82) is 0 Å². The summed E-state index contributed by atoms with van der Waals surface area (Å²) in [6.45, 7) is 2.99. The summed E-state index contributed by atoms with van der Waals surface area (Å²) < 4.78 is 10.9. The van der Waals surface area contributed by atoms with Crippen LogP contribution in [-0.2, 0) is 15.9 Å². The van der Waals surface area contributed by atoms with Gasteiger partial charge in [0, 0.05) is 20.6 Å². The molecule has 0 bridgehead atoms. The minimum atomic E-state index is -0.711. The van der Waals surface area contributed by atoms with Crippen LogP contribution >= 0.6 is 0 Å². The normalized spacial score (nSPS) is 11.7. The Morgan fingerprint density at radius 1 is 1.12 bits per heavy atom. The van der Waals surface area contributed by atoms with Crippen molar-refractivity contribution in [3.8, 4) is 0 Å². The summed E-state index contributed by atoms with van der Waals surface area (Å²) in [6, 6.07) is 10.2. The monoisotopic (exact) mass is 223 g/mol. The molecule has 1 aromatic carbocycles. The molecule has 0 aromatic heterocycles. The predicted molar refractivity (Wildman–Crippen MR) is 65.2 cm³/mol. The third kappa shape index (κ3) is 3.59. The lowest BCUT2D eigenvalue weighted by atomic mass is 10.1. The summed E-state index contributed by atoms with van der Waals surface area (Å²) in [7, 11) is 3.32. The Bertz CT molecular complexity index is 283. The van der Waals surface area contributed by atoms with E-state index in [9.17, 15) is 0 Å². The maximum atomic E-state index is 5.46. The molecule has 16 heavy (non-hydrogen) atoms. The molecule has 0 unspecified atom stereocenters. The third-order valence-electron chi connectivity index (χ3n) is 2.58. The molecule has 0 amide bonds. The van der Waals surface area contributed by atoms with Crippen LogP contribution in [-0.4, -0.2) is 26.7 Å². The lowest BCUT2D eigenvalue weighted by Crippen LogP contribution is -2.50. The first-order chi connectivity index (χ1) is 7.76. The van der Waals surface area contributed by atoms with Gasteiger partial charge in [0.2, 0.25) is 5.91 Å². The highest BCUT2D eigenvalue weighted by molar-refractivity contribution is 5.16. The first kappa shape index (κ1) is 13.2. The molecule has 0 fully saturated rings. The fourth-order valence-electron chi connectivity index (χ4n) is 1.61. The highest BCUT2D eigenvalue weighted by Gasteiger charge is 2.28. The first-order valence-electron chi connectivity index (χ1n) is 5.65. The van der Waals surface area contributed by atoms with Crippen LogP contribution in [0.1, 0.15) is 18.9 Å². The molecule has 1 N–H and O–H groups in total. The van der Waals surface area contributed by atoms with E-state index in [1.54, 1.807) is 14.2 Å². The van der Waals surface area contributed by atoms with Crippen LogP contribution in [0.25, 0.3) is 0 Å². The van der Waals surface area contributed by atoms with Gasteiger partial charge in [0.1, 0.15) is 0 Å². The zero-order valence-electron chi connectivity index (χ0n) is 10.3. The van der Waals surface area contributed by atoms with Crippen LogP contribution in [0.4, 0.5) is 0 Å². The maximum Gasteiger partial charge on any atom is 0.231 e. The van der Waals surface area contributed by atoms with Crippen LogP contribution in [0.5, 0.6) is 0 Å². The van der Waals surface area contributed by atoms with E-state index in [0.29, 0.717) is 6.42 Å². The number of hydrogen-bond acceptors (Lipinski definition) is 3. The van der Waals surface area contributed by atoms with Crippen LogP contribution in [0.15, 0.2) is 30.3 Å². The van der Waals surface area contributed by atoms with Gasteiger partial charge in [0.15, 0.2) is 0 Å². The minimum Gasteiger partial charge on any atom is -0.340 e. The van der Waals surface area contributed by atoms with E-state index in [0.717, 1.165) is 13.0 Å². The molecule has 0 aliphatic rings. The summed E-state index contributed by atoms with van der Waals surface area (Å²) in [5.74, 6) is -0.711. The number of nitrogens with one attached hydrogen (secondary N) is 1. The van der Waals surface area contributed by atoms with Gasteiger partial charge in [-0.1, -0.05) is 37.3 Å². The predicted octanol–water partition coefficient (Wildman–Crippen LogP) is 2.18. The van der Waals surface area contributed by atoms with Gasteiger partial charge in [-0.05, 0) is 18.5 Å². The standard InChI is InChI=1S/C13H21NO2/c1-4-10-14-13(15-2,16-3)11-12-8-6-5-7-9-12/h5-9,14H,4,10-11H2,1-3H3. The number of benzene rings is 1. The molecular weight excluding hydrogens is 202 g/mol. The smallest absolute Gasteiger partial charge is 0.231 e. The lowest BCUT2D eigenvalue weighted by Gasteiger charge is -2.31. The van der Waals surface area contributed by atoms with Gasteiger partial charge in [-0.2, -0.15) is 0 Å². The van der Waals surface area contributed by atoms with Gasteiger partial charge in [0.05, 0.1) is 0 Å². The van der Waals surface area contributed by atoms with Gasteiger partial charge in [-0.25, -0.2) is 0 Å². The molecule has 0 atom stereocenters. The summed E-state index contributed by atoms with van der Waals surface area (Å²) in [6.07, 6.45) is 1.74. The molecular formula is C13H21NO2. The molecule has 1 aromatic rings. The Labute approximate surface area is 97.8 Å². The molecule has 90 valence electrons. The molecule has 0 aliphatic carbocycles. The van der Waals surface area contributed by atoms with Crippen LogP contribution < -0.4 is 5.32 Å². The van der Waals surface area contributed by atoms with E-state index in [2.05, 4.69) is 24.4 Å². The summed E-state index contributed by atoms with van der Waals surface area (Å²) in [5, 5.41) is 3.29. The highest BCUT2D eigenvalue weighted by atomic mass is 16.7. The average Bonchev–Trinajstić information content (AvgIpc) is 2.36. The molecule has 0 saturated carbocycles. The summed E-state index contributed by atoms with van der Waals surface area (Å²) in [4.78, 5) is 0. The van der Waals surface area contributed by atoms with Crippen molar-refractivity contribution in [2.75, 3.05) is 20.8 Å². The Kier molecular flexibility index (Phi) is 5.46. The van der Waals surface area contributed by atoms with Crippen molar-refractivity contribution in [2.45, 2.75) is 25.7 Å². The van der Waals surface area contributed by atoms with E-state index >= 15 is 0 Å². The molecule has 3 nitrogen and oxygen atoms in total. The molecule has 0 radical (unpaired) electrons. The Morgan fingerprint density at radius 2 is 1.75 bits per heavy atom. The average molecular weight is 223 g/mol. The van der Waals surface area contributed by atoms with Gasteiger partial charge >= 0.3 is 0 Å². The van der Waals surface area contributed by atoms with Crippen molar-refractivity contribution < 1.29 is 9.47 Å². The van der Waals surface area contributed by atoms with Gasteiger partial charge in [-0.15, -0.1) is 0 Å². The van der Waals surface area contributed by atoms with E-state index in [1.165, 1.54) is 5.56 Å². The number of rotatable bonds is 7. The number of methoxy groups -OCH3 is 2. The fraction of sp³-hybridized carbons (Fsp3) is 0.538. The van der Waals surface area contributed by atoms with E-state index in [-0.39, 0.29) is 0 Å². The highest BCUT2D eigenvalue weighted by Crippen LogP contribution is 2.15. The van der Waals surface area contributed by atoms with Gasteiger partial charge < -0.3 is 9.47 Å².